The Morgan fingerprint density at radius 2 is 1.55 bits per heavy atom. The summed E-state index contributed by atoms with van der Waals surface area (Å²) >= 11 is 1.56. The second-order valence-electron chi connectivity index (χ2n) is 11.6. The number of para-hydroxylation sites is 1. The molecular formula is C38H32N2O3S. The van der Waals surface area contributed by atoms with Crippen molar-refractivity contribution in [1.29, 1.82) is 0 Å². The van der Waals surface area contributed by atoms with Crippen LogP contribution in [0.25, 0.3) is 10.4 Å². The summed E-state index contributed by atoms with van der Waals surface area (Å²) in [6.07, 6.45) is 4.31. The minimum atomic E-state index is -0.182. The second kappa shape index (κ2) is 12.1. The smallest absolute Gasteiger partial charge is 0.258 e. The lowest BCUT2D eigenvalue weighted by molar-refractivity contribution is 0.0974. The molecule has 1 aromatic heterocycles. The number of fused-ring (bicyclic) bond motifs is 3. The molecule has 1 saturated carbocycles. The quantitative estimate of drug-likeness (QED) is 0.183. The van der Waals surface area contributed by atoms with Gasteiger partial charge < -0.3 is 10.2 Å². The van der Waals surface area contributed by atoms with Crippen LogP contribution in [0.2, 0.25) is 0 Å². The van der Waals surface area contributed by atoms with Crippen LogP contribution in [0, 0.1) is 5.92 Å². The van der Waals surface area contributed by atoms with Gasteiger partial charge in [0.15, 0.2) is 5.78 Å². The van der Waals surface area contributed by atoms with Crippen molar-refractivity contribution in [3.63, 3.8) is 0 Å². The number of benzene rings is 4. The van der Waals surface area contributed by atoms with E-state index >= 15 is 0 Å². The van der Waals surface area contributed by atoms with E-state index in [0.29, 0.717) is 48.5 Å². The number of carbonyl (C=O) groups is 3. The number of Topliss-reactive ketones (excluding diaryl/α,β-unsaturated/α-hetero) is 1. The molecule has 1 N–H and O–H groups in total. The van der Waals surface area contributed by atoms with Crippen LogP contribution in [0.4, 0.5) is 11.4 Å². The molecule has 4 aromatic carbocycles. The average Bonchev–Trinajstić information content (AvgIpc) is 3.80. The van der Waals surface area contributed by atoms with E-state index in [0.717, 1.165) is 50.5 Å². The predicted octanol–water partition coefficient (Wildman–Crippen LogP) is 8.44. The molecule has 0 atom stereocenters. The van der Waals surface area contributed by atoms with Gasteiger partial charge in [0.25, 0.3) is 11.8 Å². The molecule has 0 bridgehead atoms. The lowest BCUT2D eigenvalue weighted by Crippen LogP contribution is -2.32. The SMILES string of the molecule is O=C(CC1CC1)c1cc2c(s1)-c1ccccc1N(C(=O)c1ccc(NC(=O)c3ccccc3Cc3ccccc3)cc1)CC2. The van der Waals surface area contributed by atoms with Gasteiger partial charge in [-0.2, -0.15) is 0 Å². The van der Waals surface area contributed by atoms with Gasteiger partial charge in [-0.1, -0.05) is 66.7 Å². The van der Waals surface area contributed by atoms with Crippen molar-refractivity contribution in [2.24, 2.45) is 5.92 Å². The Hall–Kier alpha value is -4.81. The van der Waals surface area contributed by atoms with Gasteiger partial charge in [-0.15, -0.1) is 11.3 Å². The number of anilines is 2. The molecule has 6 heteroatoms. The van der Waals surface area contributed by atoms with E-state index in [1.165, 1.54) is 0 Å². The van der Waals surface area contributed by atoms with Gasteiger partial charge in [-0.05, 0) is 90.8 Å². The standard InChI is InChI=1S/C38H32N2O3S/c41-34(23-26-14-15-26)35-24-29-20-21-40(33-13-7-6-12-32(33)36(29)44-35)38(43)27-16-18-30(19-17-27)39-37(42)31-11-5-4-10-28(31)22-25-8-2-1-3-9-25/h1-13,16-19,24,26H,14-15,20-23H2,(H,39,42). The van der Waals surface area contributed by atoms with Crippen LogP contribution in [0.3, 0.4) is 0 Å². The summed E-state index contributed by atoms with van der Waals surface area (Å²) in [7, 11) is 0. The molecule has 44 heavy (non-hydrogen) atoms. The van der Waals surface area contributed by atoms with E-state index < -0.39 is 0 Å². The molecule has 0 unspecified atom stereocenters. The van der Waals surface area contributed by atoms with Gasteiger partial charge in [0, 0.05) is 40.2 Å². The fourth-order valence-electron chi connectivity index (χ4n) is 5.89. The van der Waals surface area contributed by atoms with Crippen molar-refractivity contribution < 1.29 is 14.4 Å². The van der Waals surface area contributed by atoms with E-state index in [9.17, 15) is 14.4 Å². The fraction of sp³-hybridized carbons (Fsp3) is 0.184. The average molecular weight is 597 g/mol. The second-order valence-corrected chi connectivity index (χ2v) is 12.7. The Balaban J connectivity index is 1.08. The molecule has 2 heterocycles. The van der Waals surface area contributed by atoms with Gasteiger partial charge in [0.2, 0.25) is 0 Å². The van der Waals surface area contributed by atoms with Crippen LogP contribution in [0.15, 0.2) is 109 Å². The Morgan fingerprint density at radius 1 is 0.818 bits per heavy atom. The summed E-state index contributed by atoms with van der Waals surface area (Å²) in [6, 6.07) is 34.8. The first kappa shape index (κ1) is 28.0. The fourth-order valence-corrected chi connectivity index (χ4v) is 7.08. The highest BCUT2D eigenvalue weighted by atomic mass is 32.1. The Kier molecular flexibility index (Phi) is 7.67. The molecule has 0 spiro atoms. The number of carbonyl (C=O) groups excluding carboxylic acids is 3. The Labute approximate surface area is 261 Å². The van der Waals surface area contributed by atoms with Crippen LogP contribution in [0.1, 0.15) is 66.3 Å². The molecule has 5 aromatic rings. The number of ketones is 1. The van der Waals surface area contributed by atoms with Crippen LogP contribution in [0.5, 0.6) is 0 Å². The van der Waals surface area contributed by atoms with Crippen LogP contribution in [-0.4, -0.2) is 24.1 Å². The lowest BCUT2D eigenvalue weighted by Gasteiger charge is -2.23. The lowest BCUT2D eigenvalue weighted by atomic mass is 9.99. The number of hydrogen-bond acceptors (Lipinski definition) is 4. The molecule has 7 rings (SSSR count). The van der Waals surface area contributed by atoms with Crippen molar-refractivity contribution in [2.45, 2.75) is 32.1 Å². The summed E-state index contributed by atoms with van der Waals surface area (Å²) in [5.41, 5.74) is 6.87. The largest absolute Gasteiger partial charge is 0.322 e. The summed E-state index contributed by atoms with van der Waals surface area (Å²) in [4.78, 5) is 43.7. The highest BCUT2D eigenvalue weighted by Crippen LogP contribution is 2.43. The number of rotatable bonds is 8. The summed E-state index contributed by atoms with van der Waals surface area (Å²) in [5.74, 6) is 0.518. The molecule has 2 amide bonds. The van der Waals surface area contributed by atoms with Crippen molar-refractivity contribution in [3.8, 4) is 10.4 Å². The van der Waals surface area contributed by atoms with Gasteiger partial charge >= 0.3 is 0 Å². The van der Waals surface area contributed by atoms with Gasteiger partial charge in [0.1, 0.15) is 0 Å². The van der Waals surface area contributed by atoms with Gasteiger partial charge in [0.05, 0.1) is 10.6 Å². The molecule has 1 aliphatic carbocycles. The van der Waals surface area contributed by atoms with Crippen LogP contribution < -0.4 is 10.2 Å². The number of nitrogens with zero attached hydrogens (tertiary/aromatic N) is 1. The summed E-state index contributed by atoms with van der Waals surface area (Å²) in [5, 5.41) is 3.00. The van der Waals surface area contributed by atoms with E-state index in [-0.39, 0.29) is 17.6 Å². The van der Waals surface area contributed by atoms with E-state index in [4.69, 9.17) is 0 Å². The third kappa shape index (κ3) is 5.86. The van der Waals surface area contributed by atoms with E-state index in [1.54, 1.807) is 35.6 Å². The Bertz CT molecular complexity index is 1860. The third-order valence-electron chi connectivity index (χ3n) is 8.43. The van der Waals surface area contributed by atoms with Crippen molar-refractivity contribution in [2.75, 3.05) is 16.8 Å². The van der Waals surface area contributed by atoms with Gasteiger partial charge in [-0.25, -0.2) is 0 Å². The topological polar surface area (TPSA) is 66.5 Å². The van der Waals surface area contributed by atoms with Crippen molar-refractivity contribution >= 4 is 40.3 Å². The molecule has 218 valence electrons. The third-order valence-corrected chi connectivity index (χ3v) is 9.68. The first-order valence-corrected chi connectivity index (χ1v) is 16.0. The normalized spacial score (nSPS) is 13.9. The zero-order chi connectivity index (χ0) is 30.0. The molecule has 1 aliphatic heterocycles. The maximum absolute atomic E-state index is 13.9. The van der Waals surface area contributed by atoms with Crippen molar-refractivity contribution in [3.05, 3.63) is 142 Å². The van der Waals surface area contributed by atoms with Crippen molar-refractivity contribution in [1.82, 2.24) is 0 Å². The molecule has 0 radical (unpaired) electrons. The minimum Gasteiger partial charge on any atom is -0.322 e. The molecule has 5 nitrogen and oxygen atoms in total. The Morgan fingerprint density at radius 3 is 2.34 bits per heavy atom. The maximum Gasteiger partial charge on any atom is 0.258 e. The van der Waals surface area contributed by atoms with Crippen LogP contribution in [-0.2, 0) is 12.8 Å². The number of nitrogens with one attached hydrogen (secondary N) is 1. The number of amides is 2. The minimum absolute atomic E-state index is 0.0938. The summed E-state index contributed by atoms with van der Waals surface area (Å²) in [6.45, 7) is 0.520. The molecule has 1 fully saturated rings. The van der Waals surface area contributed by atoms with Crippen LogP contribution >= 0.6 is 11.3 Å². The molecule has 0 saturated heterocycles. The molecular weight excluding hydrogens is 564 g/mol. The number of hydrogen-bond donors (Lipinski definition) is 1. The maximum atomic E-state index is 13.9. The zero-order valence-electron chi connectivity index (χ0n) is 24.3. The predicted molar refractivity (Wildman–Crippen MR) is 177 cm³/mol. The van der Waals surface area contributed by atoms with E-state index in [1.807, 2.05) is 77.7 Å². The van der Waals surface area contributed by atoms with E-state index in [2.05, 4.69) is 17.4 Å². The highest BCUT2D eigenvalue weighted by molar-refractivity contribution is 7.17. The van der Waals surface area contributed by atoms with Gasteiger partial charge in [-0.3, -0.25) is 14.4 Å². The first-order chi connectivity index (χ1) is 21.5. The molecule has 2 aliphatic rings. The zero-order valence-corrected chi connectivity index (χ0v) is 25.1. The number of thiophene rings is 1. The monoisotopic (exact) mass is 596 g/mol. The first-order valence-electron chi connectivity index (χ1n) is 15.1. The summed E-state index contributed by atoms with van der Waals surface area (Å²) < 4.78 is 0. The highest BCUT2D eigenvalue weighted by Gasteiger charge is 2.29.